The molecule has 2 rings (SSSR count). The van der Waals surface area contributed by atoms with Crippen molar-refractivity contribution < 1.29 is 13.2 Å². The second kappa shape index (κ2) is 6.38. The molecule has 0 aliphatic carbocycles. The standard InChI is InChI=1S/C16H24N2O3S/c1-12(2)15-6-5-13(3)16(11-15)22(20,21)18-9-7-17(8-10-18)14(4)19/h5-6,11-12H,7-10H2,1-4H3. The van der Waals surface area contributed by atoms with Crippen molar-refractivity contribution in [3.8, 4) is 0 Å². The van der Waals surface area contributed by atoms with E-state index in [4.69, 9.17) is 0 Å². The Balaban J connectivity index is 2.28. The van der Waals surface area contributed by atoms with Crippen LogP contribution in [0.1, 0.15) is 37.8 Å². The molecule has 5 nitrogen and oxygen atoms in total. The van der Waals surface area contributed by atoms with Crippen molar-refractivity contribution >= 4 is 15.9 Å². The summed E-state index contributed by atoms with van der Waals surface area (Å²) in [6.45, 7) is 9.05. The van der Waals surface area contributed by atoms with Gasteiger partial charge in [0.1, 0.15) is 0 Å². The van der Waals surface area contributed by atoms with E-state index in [1.807, 2.05) is 32.9 Å². The Hall–Kier alpha value is -1.40. The first kappa shape index (κ1) is 17.0. The zero-order valence-corrected chi connectivity index (χ0v) is 14.5. The van der Waals surface area contributed by atoms with Gasteiger partial charge in [-0.2, -0.15) is 4.31 Å². The van der Waals surface area contributed by atoms with E-state index in [-0.39, 0.29) is 11.8 Å². The average Bonchev–Trinajstić information content (AvgIpc) is 2.47. The van der Waals surface area contributed by atoms with Crippen LogP contribution in [0.4, 0.5) is 0 Å². The Morgan fingerprint density at radius 3 is 2.23 bits per heavy atom. The third-order valence-electron chi connectivity index (χ3n) is 4.18. The van der Waals surface area contributed by atoms with Crippen LogP contribution in [0, 0.1) is 6.92 Å². The van der Waals surface area contributed by atoms with Crippen LogP contribution in [0.5, 0.6) is 0 Å². The van der Waals surface area contributed by atoms with Crippen molar-refractivity contribution in [2.45, 2.75) is 38.5 Å². The molecule has 122 valence electrons. The summed E-state index contributed by atoms with van der Waals surface area (Å²) in [5.41, 5.74) is 1.78. The lowest BCUT2D eigenvalue weighted by Gasteiger charge is -2.33. The number of aryl methyl sites for hydroxylation is 1. The third-order valence-corrected chi connectivity index (χ3v) is 6.22. The molecule has 22 heavy (non-hydrogen) atoms. The minimum Gasteiger partial charge on any atom is -0.340 e. The average molecular weight is 324 g/mol. The van der Waals surface area contributed by atoms with E-state index in [2.05, 4.69) is 0 Å². The van der Waals surface area contributed by atoms with Gasteiger partial charge >= 0.3 is 0 Å². The number of amides is 1. The predicted octanol–water partition coefficient (Wildman–Crippen LogP) is 1.97. The maximum absolute atomic E-state index is 12.9. The summed E-state index contributed by atoms with van der Waals surface area (Å²) < 4.78 is 27.2. The Labute approximate surface area is 133 Å². The smallest absolute Gasteiger partial charge is 0.243 e. The Bertz CT molecular complexity index is 660. The molecule has 1 aliphatic heterocycles. The summed E-state index contributed by atoms with van der Waals surface area (Å²) in [4.78, 5) is 13.4. The first-order valence-corrected chi connectivity index (χ1v) is 9.03. The number of sulfonamides is 1. The zero-order valence-electron chi connectivity index (χ0n) is 13.7. The lowest BCUT2D eigenvalue weighted by atomic mass is 10.0. The SMILES string of the molecule is CC(=O)N1CCN(S(=O)(=O)c2cc(C(C)C)ccc2C)CC1. The number of hydrogen-bond acceptors (Lipinski definition) is 3. The number of hydrogen-bond donors (Lipinski definition) is 0. The fourth-order valence-corrected chi connectivity index (χ4v) is 4.32. The summed E-state index contributed by atoms with van der Waals surface area (Å²) in [5, 5.41) is 0. The molecule has 1 saturated heterocycles. The van der Waals surface area contributed by atoms with Gasteiger partial charge in [0.25, 0.3) is 0 Å². The lowest BCUT2D eigenvalue weighted by molar-refractivity contribution is -0.129. The molecule has 1 aromatic carbocycles. The number of benzene rings is 1. The van der Waals surface area contributed by atoms with Crippen LogP contribution >= 0.6 is 0 Å². The maximum Gasteiger partial charge on any atom is 0.243 e. The van der Waals surface area contributed by atoms with Crippen LogP contribution < -0.4 is 0 Å². The molecular weight excluding hydrogens is 300 g/mol. The number of nitrogens with zero attached hydrogens (tertiary/aromatic N) is 2. The Morgan fingerprint density at radius 2 is 1.73 bits per heavy atom. The summed E-state index contributed by atoms with van der Waals surface area (Å²) in [5.74, 6) is 0.277. The van der Waals surface area contributed by atoms with E-state index in [0.29, 0.717) is 31.1 Å². The van der Waals surface area contributed by atoms with Gasteiger partial charge in [0.15, 0.2) is 0 Å². The van der Waals surface area contributed by atoms with Gasteiger partial charge in [-0.3, -0.25) is 4.79 Å². The highest BCUT2D eigenvalue weighted by Crippen LogP contribution is 2.25. The minimum absolute atomic E-state index is 0.00460. The molecule has 1 aromatic rings. The fourth-order valence-electron chi connectivity index (χ4n) is 2.64. The largest absolute Gasteiger partial charge is 0.340 e. The van der Waals surface area contributed by atoms with Crippen LogP contribution in [0.15, 0.2) is 23.1 Å². The maximum atomic E-state index is 12.9. The van der Waals surface area contributed by atoms with E-state index >= 15 is 0 Å². The molecule has 0 spiro atoms. The van der Waals surface area contributed by atoms with Gasteiger partial charge in [-0.15, -0.1) is 0 Å². The van der Waals surface area contributed by atoms with Crippen LogP contribution in [-0.2, 0) is 14.8 Å². The number of piperazine rings is 1. The fraction of sp³-hybridized carbons (Fsp3) is 0.562. The zero-order chi connectivity index (χ0) is 16.5. The van der Waals surface area contributed by atoms with Gasteiger partial charge in [-0.05, 0) is 30.0 Å². The van der Waals surface area contributed by atoms with Crippen molar-refractivity contribution in [3.63, 3.8) is 0 Å². The molecule has 0 unspecified atom stereocenters. The van der Waals surface area contributed by atoms with Crippen LogP contribution in [-0.4, -0.2) is 49.7 Å². The van der Waals surface area contributed by atoms with Crippen molar-refractivity contribution in [2.24, 2.45) is 0 Å². The summed E-state index contributed by atoms with van der Waals surface area (Å²) in [7, 11) is -3.50. The van der Waals surface area contributed by atoms with E-state index in [9.17, 15) is 13.2 Å². The Morgan fingerprint density at radius 1 is 1.14 bits per heavy atom. The topological polar surface area (TPSA) is 57.7 Å². The summed E-state index contributed by atoms with van der Waals surface area (Å²) in [6, 6.07) is 5.63. The molecule has 0 aromatic heterocycles. The molecule has 0 bridgehead atoms. The predicted molar refractivity (Wildman–Crippen MR) is 86.3 cm³/mol. The second-order valence-electron chi connectivity index (χ2n) is 6.09. The number of rotatable bonds is 3. The highest BCUT2D eigenvalue weighted by Gasteiger charge is 2.30. The van der Waals surface area contributed by atoms with Gasteiger partial charge in [-0.25, -0.2) is 8.42 Å². The monoisotopic (exact) mass is 324 g/mol. The van der Waals surface area contributed by atoms with Gasteiger partial charge in [0.05, 0.1) is 4.90 Å². The van der Waals surface area contributed by atoms with Crippen molar-refractivity contribution in [1.29, 1.82) is 0 Å². The van der Waals surface area contributed by atoms with Gasteiger partial charge < -0.3 is 4.90 Å². The molecule has 1 heterocycles. The summed E-state index contributed by atoms with van der Waals surface area (Å²) in [6.07, 6.45) is 0. The van der Waals surface area contributed by atoms with Gasteiger partial charge in [0.2, 0.25) is 15.9 Å². The van der Waals surface area contributed by atoms with Crippen molar-refractivity contribution in [1.82, 2.24) is 9.21 Å². The lowest BCUT2D eigenvalue weighted by Crippen LogP contribution is -2.50. The molecule has 1 amide bonds. The second-order valence-corrected chi connectivity index (χ2v) is 8.00. The highest BCUT2D eigenvalue weighted by molar-refractivity contribution is 7.89. The molecule has 1 fully saturated rings. The van der Waals surface area contributed by atoms with Gasteiger partial charge in [0, 0.05) is 33.1 Å². The van der Waals surface area contributed by atoms with Gasteiger partial charge in [-0.1, -0.05) is 26.0 Å². The third kappa shape index (κ3) is 3.33. The molecule has 0 N–H and O–H groups in total. The number of carbonyl (C=O) groups is 1. The molecular formula is C16H24N2O3S. The molecule has 0 radical (unpaired) electrons. The van der Waals surface area contributed by atoms with E-state index in [0.717, 1.165) is 11.1 Å². The molecule has 0 saturated carbocycles. The number of carbonyl (C=O) groups excluding carboxylic acids is 1. The van der Waals surface area contributed by atoms with Crippen molar-refractivity contribution in [3.05, 3.63) is 29.3 Å². The quantitative estimate of drug-likeness (QED) is 0.854. The Kier molecular flexibility index (Phi) is 4.92. The van der Waals surface area contributed by atoms with E-state index in [1.54, 1.807) is 11.0 Å². The molecule has 0 atom stereocenters. The molecule has 6 heteroatoms. The first-order chi connectivity index (χ1) is 10.2. The van der Waals surface area contributed by atoms with E-state index in [1.165, 1.54) is 11.2 Å². The highest BCUT2D eigenvalue weighted by atomic mass is 32.2. The normalized spacial score (nSPS) is 17.0. The van der Waals surface area contributed by atoms with Crippen LogP contribution in [0.25, 0.3) is 0 Å². The van der Waals surface area contributed by atoms with Crippen LogP contribution in [0.2, 0.25) is 0 Å². The van der Waals surface area contributed by atoms with Crippen LogP contribution in [0.3, 0.4) is 0 Å². The first-order valence-electron chi connectivity index (χ1n) is 7.59. The van der Waals surface area contributed by atoms with Crippen molar-refractivity contribution in [2.75, 3.05) is 26.2 Å². The minimum atomic E-state index is -3.50. The molecule has 1 aliphatic rings. The van der Waals surface area contributed by atoms with E-state index < -0.39 is 10.0 Å². The summed E-state index contributed by atoms with van der Waals surface area (Å²) >= 11 is 0.